The number of aryl methyl sites for hydroxylation is 1. The van der Waals surface area contributed by atoms with Crippen molar-refractivity contribution in [3.8, 4) is 0 Å². The molecule has 1 aromatic heterocycles. The summed E-state index contributed by atoms with van der Waals surface area (Å²) in [7, 11) is 1.94. The van der Waals surface area contributed by atoms with Crippen LogP contribution in [0.4, 0.5) is 0 Å². The molecule has 1 aromatic rings. The molecule has 0 bridgehead atoms. The smallest absolute Gasteiger partial charge is 0.238 e. The number of nitrogens with zero attached hydrogens (tertiary/aromatic N) is 3. The van der Waals surface area contributed by atoms with Gasteiger partial charge < -0.3 is 10.6 Å². The third-order valence-corrected chi connectivity index (χ3v) is 3.72. The number of likely N-dealkylation sites (N-methyl/N-ethyl adjacent to an activating group) is 1. The molecule has 6 heteroatoms. The van der Waals surface area contributed by atoms with Gasteiger partial charge in [-0.1, -0.05) is 0 Å². The summed E-state index contributed by atoms with van der Waals surface area (Å²) < 4.78 is 1.88. The number of rotatable bonds is 4. The van der Waals surface area contributed by atoms with E-state index >= 15 is 0 Å². The lowest BCUT2D eigenvalue weighted by molar-refractivity contribution is -0.128. The fraction of sp³-hybridized carbons (Fsp3) is 0.692. The van der Waals surface area contributed by atoms with Crippen molar-refractivity contribution >= 4 is 5.91 Å². The molecule has 1 saturated heterocycles. The van der Waals surface area contributed by atoms with Gasteiger partial charge in [0.15, 0.2) is 0 Å². The molecule has 6 nitrogen and oxygen atoms in total. The highest BCUT2D eigenvalue weighted by Crippen LogP contribution is 2.22. The van der Waals surface area contributed by atoms with Crippen molar-refractivity contribution in [2.75, 3.05) is 26.2 Å². The Bertz CT molecular complexity index is 430. The Morgan fingerprint density at radius 1 is 1.68 bits per heavy atom. The molecule has 0 spiro atoms. The van der Waals surface area contributed by atoms with E-state index in [0.29, 0.717) is 13.1 Å². The van der Waals surface area contributed by atoms with E-state index in [4.69, 9.17) is 0 Å². The van der Waals surface area contributed by atoms with Crippen molar-refractivity contribution in [3.05, 3.63) is 18.0 Å². The quantitative estimate of drug-likeness (QED) is 0.797. The molecule has 1 aliphatic rings. The minimum absolute atomic E-state index is 0.101. The van der Waals surface area contributed by atoms with Gasteiger partial charge in [0.1, 0.15) is 6.04 Å². The van der Waals surface area contributed by atoms with Crippen molar-refractivity contribution in [3.63, 3.8) is 0 Å². The first-order valence-corrected chi connectivity index (χ1v) is 6.87. The minimum atomic E-state index is -0.112. The van der Waals surface area contributed by atoms with E-state index in [9.17, 15) is 4.79 Å². The molecule has 0 aliphatic carbocycles. The summed E-state index contributed by atoms with van der Waals surface area (Å²) >= 11 is 0. The maximum Gasteiger partial charge on any atom is 0.238 e. The predicted octanol–water partition coefficient (Wildman–Crippen LogP) is -0.109. The van der Waals surface area contributed by atoms with Gasteiger partial charge in [0.05, 0.1) is 5.69 Å². The molecule has 1 aliphatic heterocycles. The predicted molar refractivity (Wildman–Crippen MR) is 73.7 cm³/mol. The van der Waals surface area contributed by atoms with Crippen LogP contribution in [0.5, 0.6) is 0 Å². The monoisotopic (exact) mass is 265 g/mol. The SMILES string of the molecule is CCNC(=O)C1CNCCN1C(C)c1ccnn1C. The summed E-state index contributed by atoms with van der Waals surface area (Å²) in [6.07, 6.45) is 1.80. The van der Waals surface area contributed by atoms with Gasteiger partial charge in [-0.3, -0.25) is 14.4 Å². The first kappa shape index (κ1) is 14.0. The van der Waals surface area contributed by atoms with Gasteiger partial charge in [-0.05, 0) is 19.9 Å². The summed E-state index contributed by atoms with van der Waals surface area (Å²) in [4.78, 5) is 14.4. The van der Waals surface area contributed by atoms with Gasteiger partial charge in [-0.2, -0.15) is 5.10 Å². The zero-order chi connectivity index (χ0) is 13.8. The lowest BCUT2D eigenvalue weighted by atomic mass is 10.1. The van der Waals surface area contributed by atoms with Crippen LogP contribution >= 0.6 is 0 Å². The minimum Gasteiger partial charge on any atom is -0.355 e. The number of aromatic nitrogens is 2. The third kappa shape index (κ3) is 2.96. The standard InChI is InChI=1S/C13H23N5O/c1-4-15-13(19)12-9-14-7-8-18(12)10(2)11-5-6-16-17(11)3/h5-6,10,12,14H,4,7-9H2,1-3H3,(H,15,19). The van der Waals surface area contributed by atoms with Gasteiger partial charge in [0.2, 0.25) is 5.91 Å². The van der Waals surface area contributed by atoms with Gasteiger partial charge in [-0.15, -0.1) is 0 Å². The highest BCUT2D eigenvalue weighted by atomic mass is 16.2. The number of carbonyl (C=O) groups is 1. The number of nitrogens with one attached hydrogen (secondary N) is 2. The fourth-order valence-electron chi connectivity index (χ4n) is 2.68. The summed E-state index contributed by atoms with van der Waals surface area (Å²) in [5.74, 6) is 0.101. The number of hydrogen-bond acceptors (Lipinski definition) is 4. The van der Waals surface area contributed by atoms with Crippen molar-refractivity contribution in [1.29, 1.82) is 0 Å². The molecule has 106 valence electrons. The Hall–Kier alpha value is -1.40. The van der Waals surface area contributed by atoms with Crippen molar-refractivity contribution in [2.24, 2.45) is 7.05 Å². The van der Waals surface area contributed by atoms with Crippen LogP contribution in [-0.2, 0) is 11.8 Å². The number of hydrogen-bond donors (Lipinski definition) is 2. The van der Waals surface area contributed by atoms with E-state index in [1.165, 1.54) is 0 Å². The second kappa shape index (κ2) is 6.16. The van der Waals surface area contributed by atoms with Crippen molar-refractivity contribution in [2.45, 2.75) is 25.9 Å². The molecule has 19 heavy (non-hydrogen) atoms. The molecule has 1 amide bonds. The number of carbonyl (C=O) groups excluding carboxylic acids is 1. The first-order chi connectivity index (χ1) is 9.15. The van der Waals surface area contributed by atoms with Crippen LogP contribution in [0, 0.1) is 0 Å². The van der Waals surface area contributed by atoms with Crippen LogP contribution in [0.1, 0.15) is 25.6 Å². The third-order valence-electron chi connectivity index (χ3n) is 3.72. The zero-order valence-corrected chi connectivity index (χ0v) is 11.9. The van der Waals surface area contributed by atoms with Crippen molar-refractivity contribution < 1.29 is 4.79 Å². The molecule has 2 N–H and O–H groups in total. The van der Waals surface area contributed by atoms with Crippen LogP contribution in [0.2, 0.25) is 0 Å². The molecule has 2 unspecified atom stereocenters. The Morgan fingerprint density at radius 3 is 3.11 bits per heavy atom. The second-order valence-electron chi connectivity index (χ2n) is 4.91. The topological polar surface area (TPSA) is 62.2 Å². The zero-order valence-electron chi connectivity index (χ0n) is 11.9. The molecule has 0 saturated carbocycles. The van der Waals surface area contributed by atoms with E-state index in [0.717, 1.165) is 18.8 Å². The van der Waals surface area contributed by atoms with E-state index in [2.05, 4.69) is 27.6 Å². The highest BCUT2D eigenvalue weighted by Gasteiger charge is 2.32. The summed E-state index contributed by atoms with van der Waals surface area (Å²) in [6, 6.07) is 2.09. The van der Waals surface area contributed by atoms with Crippen molar-refractivity contribution in [1.82, 2.24) is 25.3 Å². The average molecular weight is 265 g/mol. The Balaban J connectivity index is 2.15. The maximum absolute atomic E-state index is 12.2. The highest BCUT2D eigenvalue weighted by molar-refractivity contribution is 5.82. The molecule has 1 fully saturated rings. The van der Waals surface area contributed by atoms with Crippen LogP contribution in [0.3, 0.4) is 0 Å². The summed E-state index contributed by atoms with van der Waals surface area (Å²) in [5.41, 5.74) is 1.14. The largest absolute Gasteiger partial charge is 0.355 e. The van der Waals surface area contributed by atoms with Gasteiger partial charge in [-0.25, -0.2) is 0 Å². The van der Waals surface area contributed by atoms with E-state index in [1.54, 1.807) is 6.20 Å². The molecular formula is C13H23N5O. The molecule has 2 heterocycles. The Kier molecular flexibility index (Phi) is 4.55. The van der Waals surface area contributed by atoms with Gasteiger partial charge in [0.25, 0.3) is 0 Å². The average Bonchev–Trinajstić information content (AvgIpc) is 2.84. The number of piperazine rings is 1. The van der Waals surface area contributed by atoms with E-state index < -0.39 is 0 Å². The fourth-order valence-corrected chi connectivity index (χ4v) is 2.68. The maximum atomic E-state index is 12.2. The second-order valence-corrected chi connectivity index (χ2v) is 4.91. The first-order valence-electron chi connectivity index (χ1n) is 6.87. The lowest BCUT2D eigenvalue weighted by Crippen LogP contribution is -2.58. The van der Waals surface area contributed by atoms with Gasteiger partial charge >= 0.3 is 0 Å². The van der Waals surface area contributed by atoms with Crippen LogP contribution in [-0.4, -0.2) is 52.8 Å². The lowest BCUT2D eigenvalue weighted by Gasteiger charge is -2.39. The molecular weight excluding hydrogens is 242 g/mol. The van der Waals surface area contributed by atoms with E-state index in [-0.39, 0.29) is 18.0 Å². The number of amides is 1. The van der Waals surface area contributed by atoms with Crippen LogP contribution in [0.25, 0.3) is 0 Å². The summed E-state index contributed by atoms with van der Waals surface area (Å²) in [5, 5.41) is 10.4. The Morgan fingerprint density at radius 2 is 2.47 bits per heavy atom. The van der Waals surface area contributed by atoms with E-state index in [1.807, 2.05) is 24.7 Å². The molecule has 0 aromatic carbocycles. The normalized spacial score (nSPS) is 22.2. The summed E-state index contributed by atoms with van der Waals surface area (Å²) in [6.45, 7) is 7.24. The van der Waals surface area contributed by atoms with Crippen LogP contribution < -0.4 is 10.6 Å². The molecule has 2 rings (SSSR count). The molecule has 0 radical (unpaired) electrons. The van der Waals surface area contributed by atoms with Gasteiger partial charge in [0, 0.05) is 45.5 Å². The molecule has 2 atom stereocenters. The Labute approximate surface area is 114 Å². The van der Waals surface area contributed by atoms with Crippen LogP contribution in [0.15, 0.2) is 12.3 Å².